The van der Waals surface area contributed by atoms with Crippen molar-refractivity contribution in [3.8, 4) is 0 Å². The Kier molecular flexibility index (Phi) is 5.33. The number of hydrogen-bond acceptors (Lipinski definition) is 3. The first-order valence-electron chi connectivity index (χ1n) is 12.9. The summed E-state index contributed by atoms with van der Waals surface area (Å²) in [6, 6.07) is 0.774. The third-order valence-electron chi connectivity index (χ3n) is 11.8. The maximum absolute atomic E-state index is 11.4. The van der Waals surface area contributed by atoms with Gasteiger partial charge in [0.25, 0.3) is 0 Å². The van der Waals surface area contributed by atoms with Gasteiger partial charge in [0, 0.05) is 18.0 Å². The Morgan fingerprint density at radius 1 is 1.03 bits per heavy atom. The normalized spacial score (nSPS) is 53.3. The van der Waals surface area contributed by atoms with Crippen molar-refractivity contribution in [2.75, 3.05) is 14.1 Å². The van der Waals surface area contributed by atoms with Gasteiger partial charge in [0.1, 0.15) is 0 Å². The quantitative estimate of drug-likeness (QED) is 0.638. The summed E-state index contributed by atoms with van der Waals surface area (Å²) in [5, 5.41) is 11.4. The van der Waals surface area contributed by atoms with Crippen LogP contribution in [0.3, 0.4) is 0 Å². The van der Waals surface area contributed by atoms with E-state index in [1.807, 2.05) is 0 Å². The molecular weight excluding hydrogens is 368 g/mol. The lowest BCUT2D eigenvalue weighted by atomic mass is 9.45. The smallest absolute Gasteiger partial charge is 0.0594 e. The van der Waals surface area contributed by atoms with Crippen LogP contribution < -0.4 is 5.73 Å². The minimum Gasteiger partial charge on any atom is -0.393 e. The van der Waals surface area contributed by atoms with Crippen LogP contribution in [0.5, 0.6) is 0 Å². The maximum atomic E-state index is 11.4. The fourth-order valence-corrected chi connectivity index (χ4v) is 9.81. The van der Waals surface area contributed by atoms with E-state index in [-0.39, 0.29) is 22.3 Å². The maximum Gasteiger partial charge on any atom is 0.0594 e. The van der Waals surface area contributed by atoms with Crippen LogP contribution in [-0.4, -0.2) is 42.3 Å². The fraction of sp³-hybridized carbons (Fsp3) is 1.00. The molecule has 3 heteroatoms. The number of nitrogens with zero attached hydrogens (tertiary/aromatic N) is 1. The van der Waals surface area contributed by atoms with Gasteiger partial charge in [0.05, 0.1) is 6.10 Å². The number of hydrogen-bond donors (Lipinski definition) is 2. The number of aliphatic hydroxyl groups excluding tert-OH is 1. The van der Waals surface area contributed by atoms with Crippen LogP contribution in [-0.2, 0) is 0 Å². The molecule has 2 spiro atoms. The molecule has 174 valence electrons. The Hall–Kier alpha value is -0.120. The minimum atomic E-state index is -0.169. The molecule has 4 fully saturated rings. The molecule has 0 aliphatic heterocycles. The molecule has 9 atom stereocenters. The molecule has 0 radical (unpaired) electrons. The number of rotatable bonds is 4. The Bertz CT molecular complexity index is 676. The van der Waals surface area contributed by atoms with Gasteiger partial charge in [-0.3, -0.25) is 0 Å². The Morgan fingerprint density at radius 3 is 2.27 bits per heavy atom. The van der Waals surface area contributed by atoms with E-state index in [0.29, 0.717) is 28.8 Å². The first-order valence-corrected chi connectivity index (χ1v) is 12.9. The molecule has 0 heterocycles. The molecule has 0 bridgehead atoms. The predicted molar refractivity (Wildman–Crippen MR) is 126 cm³/mol. The van der Waals surface area contributed by atoms with E-state index in [9.17, 15) is 5.11 Å². The number of aliphatic hydroxyl groups is 1. The van der Waals surface area contributed by atoms with Gasteiger partial charge in [0.2, 0.25) is 0 Å². The highest BCUT2D eigenvalue weighted by molar-refractivity contribution is 5.27. The van der Waals surface area contributed by atoms with Crippen molar-refractivity contribution in [1.29, 1.82) is 0 Å². The highest BCUT2D eigenvalue weighted by atomic mass is 16.3. The molecule has 0 aromatic carbocycles. The van der Waals surface area contributed by atoms with Crippen LogP contribution >= 0.6 is 0 Å². The summed E-state index contributed by atoms with van der Waals surface area (Å²) in [4.78, 5) is 2.34. The number of fused-ring (bicyclic) bond motifs is 2. The molecule has 4 rings (SSSR count). The summed E-state index contributed by atoms with van der Waals surface area (Å²) in [6.07, 6.45) is 11.4. The molecule has 9 unspecified atom stereocenters. The standard InChI is InChI=1S/C27H50N2O/c1-9-10-20-25(6)15-19(30)22(18(2)29(7)8)24(25,5)13-14-27(20)17-26(27)12-11-21(28)23(3,4)16-26/h18-22,30H,9-17,28H2,1-8H3. The summed E-state index contributed by atoms with van der Waals surface area (Å²) in [7, 11) is 4.38. The molecule has 4 saturated carbocycles. The average Bonchev–Trinajstić information content (AvgIpc) is 3.18. The van der Waals surface area contributed by atoms with Crippen LogP contribution in [0.1, 0.15) is 99.3 Å². The minimum absolute atomic E-state index is 0.169. The van der Waals surface area contributed by atoms with Gasteiger partial charge in [-0.1, -0.05) is 41.0 Å². The van der Waals surface area contributed by atoms with Crippen LogP contribution in [0.15, 0.2) is 0 Å². The molecule has 0 amide bonds. The van der Waals surface area contributed by atoms with Gasteiger partial charge in [-0.25, -0.2) is 0 Å². The average molecular weight is 419 g/mol. The molecule has 4 aliphatic carbocycles. The topological polar surface area (TPSA) is 49.5 Å². The van der Waals surface area contributed by atoms with Crippen molar-refractivity contribution in [1.82, 2.24) is 4.90 Å². The van der Waals surface area contributed by atoms with E-state index in [1.165, 1.54) is 51.4 Å². The molecule has 0 saturated heterocycles. The highest BCUT2D eigenvalue weighted by Crippen LogP contribution is 2.85. The summed E-state index contributed by atoms with van der Waals surface area (Å²) in [6.45, 7) is 14.7. The Balaban J connectivity index is 1.71. The first-order chi connectivity index (χ1) is 13.8. The van der Waals surface area contributed by atoms with Gasteiger partial charge in [0.15, 0.2) is 0 Å². The molecule has 3 nitrogen and oxygen atoms in total. The van der Waals surface area contributed by atoms with Gasteiger partial charge >= 0.3 is 0 Å². The van der Waals surface area contributed by atoms with Gasteiger partial charge in [-0.2, -0.15) is 0 Å². The molecule has 30 heavy (non-hydrogen) atoms. The summed E-state index contributed by atoms with van der Waals surface area (Å²) < 4.78 is 0. The van der Waals surface area contributed by atoms with E-state index in [4.69, 9.17) is 5.73 Å². The summed E-state index contributed by atoms with van der Waals surface area (Å²) >= 11 is 0. The van der Waals surface area contributed by atoms with Crippen molar-refractivity contribution >= 4 is 0 Å². The Morgan fingerprint density at radius 2 is 1.70 bits per heavy atom. The van der Waals surface area contributed by atoms with Crippen molar-refractivity contribution in [2.24, 2.45) is 44.6 Å². The lowest BCUT2D eigenvalue weighted by Gasteiger charge is -2.59. The van der Waals surface area contributed by atoms with Crippen molar-refractivity contribution < 1.29 is 5.11 Å². The zero-order chi connectivity index (χ0) is 22.3. The Labute approximate surface area is 186 Å². The molecule has 4 aliphatic rings. The van der Waals surface area contributed by atoms with Gasteiger partial charge in [-0.05, 0) is 105 Å². The van der Waals surface area contributed by atoms with Crippen LogP contribution in [0.25, 0.3) is 0 Å². The van der Waals surface area contributed by atoms with Gasteiger partial charge < -0.3 is 15.7 Å². The lowest BCUT2D eigenvalue weighted by Crippen LogP contribution is -2.55. The monoisotopic (exact) mass is 418 g/mol. The SMILES string of the molecule is CCCC1C2(C)CC(O)C(C(C)N(C)C)C2(C)CCC12CC21CCC(N)C(C)(C)C1. The molecule has 0 aromatic heterocycles. The molecular formula is C27H50N2O. The van der Waals surface area contributed by atoms with Crippen molar-refractivity contribution in [3.63, 3.8) is 0 Å². The zero-order valence-corrected chi connectivity index (χ0v) is 21.2. The second-order valence-electron chi connectivity index (χ2n) is 13.6. The second-order valence-corrected chi connectivity index (χ2v) is 13.6. The lowest BCUT2D eigenvalue weighted by molar-refractivity contribution is -0.111. The van der Waals surface area contributed by atoms with E-state index < -0.39 is 0 Å². The predicted octanol–water partition coefficient (Wildman–Crippen LogP) is 5.45. The van der Waals surface area contributed by atoms with Crippen LogP contribution in [0.4, 0.5) is 0 Å². The number of nitrogens with two attached hydrogens (primary N) is 1. The first kappa shape index (κ1) is 23.1. The van der Waals surface area contributed by atoms with E-state index in [2.05, 4.69) is 60.5 Å². The summed E-state index contributed by atoms with van der Waals surface area (Å²) in [5.74, 6) is 1.12. The third kappa shape index (κ3) is 2.80. The largest absolute Gasteiger partial charge is 0.393 e. The van der Waals surface area contributed by atoms with Crippen molar-refractivity contribution in [3.05, 3.63) is 0 Å². The molecule has 0 aromatic rings. The van der Waals surface area contributed by atoms with E-state index in [1.54, 1.807) is 0 Å². The van der Waals surface area contributed by atoms with Crippen LogP contribution in [0.2, 0.25) is 0 Å². The van der Waals surface area contributed by atoms with Gasteiger partial charge in [-0.15, -0.1) is 0 Å². The highest BCUT2D eigenvalue weighted by Gasteiger charge is 2.78. The van der Waals surface area contributed by atoms with E-state index in [0.717, 1.165) is 12.3 Å². The molecule has 3 N–H and O–H groups in total. The van der Waals surface area contributed by atoms with E-state index >= 15 is 0 Å². The van der Waals surface area contributed by atoms with Crippen molar-refractivity contribution in [2.45, 2.75) is 118 Å². The second kappa shape index (κ2) is 6.94. The van der Waals surface area contributed by atoms with Crippen LogP contribution in [0, 0.1) is 38.9 Å². The third-order valence-corrected chi connectivity index (χ3v) is 11.8. The zero-order valence-electron chi connectivity index (χ0n) is 21.2. The fourth-order valence-electron chi connectivity index (χ4n) is 9.81. The summed E-state index contributed by atoms with van der Waals surface area (Å²) in [5.41, 5.74) is 8.32.